The maximum Gasteiger partial charge on any atom is 0.303 e. The van der Waals surface area contributed by atoms with Crippen LogP contribution in [-0.2, 0) is 11.3 Å². The molecule has 1 unspecified atom stereocenters. The Hall–Kier alpha value is -2.63. The Labute approximate surface area is 147 Å². The summed E-state index contributed by atoms with van der Waals surface area (Å²) in [5.41, 5.74) is 1.73. The van der Waals surface area contributed by atoms with E-state index in [0.29, 0.717) is 25.1 Å². The number of aromatic nitrogens is 2. The number of amides is 1. The average molecular weight is 341 g/mol. The highest BCUT2D eigenvalue weighted by Gasteiger charge is 2.25. The summed E-state index contributed by atoms with van der Waals surface area (Å²) in [4.78, 5) is 25.3. The van der Waals surface area contributed by atoms with Crippen molar-refractivity contribution in [1.29, 1.82) is 0 Å². The zero-order valence-electron chi connectivity index (χ0n) is 14.2. The zero-order chi connectivity index (χ0) is 17.6. The van der Waals surface area contributed by atoms with E-state index in [2.05, 4.69) is 5.10 Å². The molecule has 0 spiro atoms. The molecule has 1 atom stereocenters. The number of aliphatic carboxylic acids is 1. The fraction of sp³-hybridized carbons (Fsp3) is 0.421. The van der Waals surface area contributed by atoms with E-state index in [9.17, 15) is 9.59 Å². The number of carbonyl (C=O) groups is 2. The second-order valence-electron chi connectivity index (χ2n) is 6.60. The number of rotatable bonds is 6. The van der Waals surface area contributed by atoms with Crippen LogP contribution in [0.2, 0.25) is 0 Å². The van der Waals surface area contributed by atoms with Gasteiger partial charge in [-0.3, -0.25) is 14.3 Å². The van der Waals surface area contributed by atoms with Crippen LogP contribution in [0, 0.1) is 5.92 Å². The van der Waals surface area contributed by atoms with Crippen molar-refractivity contribution in [3.8, 4) is 0 Å². The minimum absolute atomic E-state index is 0.0145. The summed E-state index contributed by atoms with van der Waals surface area (Å²) < 4.78 is 1.77. The Balaban J connectivity index is 1.60. The van der Waals surface area contributed by atoms with Crippen LogP contribution in [-0.4, -0.2) is 44.8 Å². The third kappa shape index (κ3) is 4.68. The predicted molar refractivity (Wildman–Crippen MR) is 93.3 cm³/mol. The molecule has 1 aromatic carbocycles. The van der Waals surface area contributed by atoms with E-state index in [-0.39, 0.29) is 18.2 Å². The third-order valence-corrected chi connectivity index (χ3v) is 4.64. The minimum Gasteiger partial charge on any atom is -0.481 e. The number of carbonyl (C=O) groups excluding carboxylic acids is 1. The van der Waals surface area contributed by atoms with Crippen molar-refractivity contribution < 1.29 is 14.7 Å². The van der Waals surface area contributed by atoms with E-state index in [0.717, 1.165) is 24.9 Å². The highest BCUT2D eigenvalue weighted by Crippen LogP contribution is 2.22. The van der Waals surface area contributed by atoms with E-state index < -0.39 is 5.97 Å². The van der Waals surface area contributed by atoms with Gasteiger partial charge in [-0.2, -0.15) is 5.10 Å². The second kappa shape index (κ2) is 7.96. The normalized spacial score (nSPS) is 17.4. The highest BCUT2D eigenvalue weighted by molar-refractivity contribution is 5.93. The van der Waals surface area contributed by atoms with Gasteiger partial charge < -0.3 is 10.0 Å². The molecule has 1 saturated heterocycles. The standard InChI is InChI=1S/C19H23N3O3/c23-18(24)9-8-16-7-4-10-21(12-16)19(25)17-11-20-22(14-17)13-15-5-2-1-3-6-15/h1-3,5-6,11,14,16H,4,7-10,12-13H2,(H,23,24). The third-order valence-electron chi connectivity index (χ3n) is 4.64. The molecule has 2 heterocycles. The number of hydrogen-bond acceptors (Lipinski definition) is 3. The zero-order valence-corrected chi connectivity index (χ0v) is 14.2. The number of carboxylic acid groups (broad SMARTS) is 1. The average Bonchev–Trinajstić information content (AvgIpc) is 3.09. The molecule has 0 bridgehead atoms. The summed E-state index contributed by atoms with van der Waals surface area (Å²) in [5, 5.41) is 13.1. The lowest BCUT2D eigenvalue weighted by Crippen LogP contribution is -2.40. The quantitative estimate of drug-likeness (QED) is 0.876. The first-order chi connectivity index (χ1) is 12.1. The van der Waals surface area contributed by atoms with Crippen LogP contribution in [0.3, 0.4) is 0 Å². The first kappa shape index (κ1) is 17.2. The van der Waals surface area contributed by atoms with Gasteiger partial charge >= 0.3 is 5.97 Å². The van der Waals surface area contributed by atoms with Gasteiger partial charge in [0.25, 0.3) is 5.91 Å². The van der Waals surface area contributed by atoms with Crippen molar-refractivity contribution in [2.24, 2.45) is 5.92 Å². The molecule has 0 radical (unpaired) electrons. The molecule has 1 aliphatic heterocycles. The Morgan fingerprint density at radius 3 is 2.80 bits per heavy atom. The number of carboxylic acids is 1. The summed E-state index contributed by atoms with van der Waals surface area (Å²) in [7, 11) is 0. The van der Waals surface area contributed by atoms with E-state index in [1.165, 1.54) is 0 Å². The maximum atomic E-state index is 12.7. The molecule has 1 aliphatic rings. The van der Waals surface area contributed by atoms with Gasteiger partial charge in [-0.25, -0.2) is 0 Å². The molecule has 1 aromatic heterocycles. The summed E-state index contributed by atoms with van der Waals surface area (Å²) >= 11 is 0. The Kier molecular flexibility index (Phi) is 5.48. The van der Waals surface area contributed by atoms with Crippen molar-refractivity contribution in [3.05, 3.63) is 53.9 Å². The van der Waals surface area contributed by atoms with Crippen LogP contribution in [0.25, 0.3) is 0 Å². The second-order valence-corrected chi connectivity index (χ2v) is 6.60. The molecule has 6 nitrogen and oxygen atoms in total. The SMILES string of the molecule is O=C(O)CCC1CCCN(C(=O)c2cnn(Cc3ccccc3)c2)C1. The molecule has 25 heavy (non-hydrogen) atoms. The Morgan fingerprint density at radius 1 is 1.24 bits per heavy atom. The van der Waals surface area contributed by atoms with Crippen molar-refractivity contribution in [3.63, 3.8) is 0 Å². The monoisotopic (exact) mass is 341 g/mol. The van der Waals surface area contributed by atoms with Gasteiger partial charge in [0.2, 0.25) is 0 Å². The predicted octanol–water partition coefficient (Wildman–Crippen LogP) is 2.65. The van der Waals surface area contributed by atoms with Gasteiger partial charge in [0, 0.05) is 25.7 Å². The summed E-state index contributed by atoms with van der Waals surface area (Å²) in [6.07, 6.45) is 6.12. The van der Waals surface area contributed by atoms with Crippen LogP contribution in [0.15, 0.2) is 42.7 Å². The fourth-order valence-corrected chi connectivity index (χ4v) is 3.33. The van der Waals surface area contributed by atoms with Gasteiger partial charge in [-0.15, -0.1) is 0 Å². The van der Waals surface area contributed by atoms with Crippen molar-refractivity contribution in [2.75, 3.05) is 13.1 Å². The molecular formula is C19H23N3O3. The summed E-state index contributed by atoms with van der Waals surface area (Å²) in [5.74, 6) is -0.516. The molecule has 1 N–H and O–H groups in total. The summed E-state index contributed by atoms with van der Waals surface area (Å²) in [6.45, 7) is 2.00. The van der Waals surface area contributed by atoms with Gasteiger partial charge in [0.15, 0.2) is 0 Å². The lowest BCUT2D eigenvalue weighted by molar-refractivity contribution is -0.137. The molecule has 0 saturated carbocycles. The molecular weight excluding hydrogens is 318 g/mol. The lowest BCUT2D eigenvalue weighted by atomic mass is 9.93. The maximum absolute atomic E-state index is 12.7. The summed E-state index contributed by atoms with van der Waals surface area (Å²) in [6, 6.07) is 9.99. The molecule has 3 rings (SSSR count). The topological polar surface area (TPSA) is 75.4 Å². The van der Waals surface area contributed by atoms with E-state index >= 15 is 0 Å². The van der Waals surface area contributed by atoms with E-state index in [1.807, 2.05) is 35.2 Å². The van der Waals surface area contributed by atoms with E-state index in [1.54, 1.807) is 17.1 Å². The van der Waals surface area contributed by atoms with Gasteiger partial charge in [0.05, 0.1) is 18.3 Å². The van der Waals surface area contributed by atoms with Crippen molar-refractivity contribution >= 4 is 11.9 Å². The molecule has 1 fully saturated rings. The first-order valence-corrected chi connectivity index (χ1v) is 8.69. The highest BCUT2D eigenvalue weighted by atomic mass is 16.4. The smallest absolute Gasteiger partial charge is 0.303 e. The number of likely N-dealkylation sites (tertiary alicyclic amines) is 1. The van der Waals surface area contributed by atoms with Crippen LogP contribution in [0.4, 0.5) is 0 Å². The Morgan fingerprint density at radius 2 is 2.04 bits per heavy atom. The first-order valence-electron chi connectivity index (χ1n) is 8.69. The van der Waals surface area contributed by atoms with Crippen LogP contribution < -0.4 is 0 Å². The van der Waals surface area contributed by atoms with Crippen molar-refractivity contribution in [1.82, 2.24) is 14.7 Å². The number of nitrogens with zero attached hydrogens (tertiary/aromatic N) is 3. The largest absolute Gasteiger partial charge is 0.481 e. The van der Waals surface area contributed by atoms with Crippen LogP contribution in [0.1, 0.15) is 41.6 Å². The number of piperidine rings is 1. The molecule has 132 valence electrons. The molecule has 2 aromatic rings. The number of benzene rings is 1. The molecule has 0 aliphatic carbocycles. The van der Waals surface area contributed by atoms with Crippen molar-refractivity contribution in [2.45, 2.75) is 32.2 Å². The molecule has 1 amide bonds. The van der Waals surface area contributed by atoms with Crippen LogP contribution >= 0.6 is 0 Å². The van der Waals surface area contributed by atoms with Gasteiger partial charge in [-0.1, -0.05) is 30.3 Å². The Bertz CT molecular complexity index is 727. The van der Waals surface area contributed by atoms with Gasteiger partial charge in [-0.05, 0) is 30.7 Å². The fourth-order valence-electron chi connectivity index (χ4n) is 3.33. The lowest BCUT2D eigenvalue weighted by Gasteiger charge is -2.32. The number of hydrogen-bond donors (Lipinski definition) is 1. The molecule has 6 heteroatoms. The minimum atomic E-state index is -0.773. The van der Waals surface area contributed by atoms with Gasteiger partial charge in [0.1, 0.15) is 0 Å². The van der Waals surface area contributed by atoms with E-state index in [4.69, 9.17) is 5.11 Å². The van der Waals surface area contributed by atoms with Crippen LogP contribution in [0.5, 0.6) is 0 Å².